The number of aliphatic carboxylic acids is 1. The van der Waals surface area contributed by atoms with Gasteiger partial charge in [0.2, 0.25) is 0 Å². The maximum absolute atomic E-state index is 10.8. The Morgan fingerprint density at radius 3 is 2.53 bits per heavy atom. The lowest BCUT2D eigenvalue weighted by Gasteiger charge is -2.10. The zero-order valence-electron chi connectivity index (χ0n) is 10.2. The van der Waals surface area contributed by atoms with Gasteiger partial charge in [-0.25, -0.2) is 0 Å². The summed E-state index contributed by atoms with van der Waals surface area (Å²) < 4.78 is 6.80. The van der Waals surface area contributed by atoms with Crippen molar-refractivity contribution >= 4 is 28.6 Å². The van der Waals surface area contributed by atoms with Crippen LogP contribution < -0.4 is 4.74 Å². The Morgan fingerprint density at radius 2 is 1.84 bits per heavy atom. The highest BCUT2D eigenvalue weighted by Gasteiger charge is 2.06. The van der Waals surface area contributed by atoms with E-state index in [2.05, 4.69) is 22.6 Å². The third-order valence-electron chi connectivity index (χ3n) is 2.65. The van der Waals surface area contributed by atoms with Crippen LogP contribution in [0.1, 0.15) is 11.1 Å². The second-order valence-corrected chi connectivity index (χ2v) is 5.33. The molecule has 4 heteroatoms. The molecule has 19 heavy (non-hydrogen) atoms. The Hall–Kier alpha value is -1.56. The maximum atomic E-state index is 10.8. The molecule has 2 rings (SSSR count). The lowest BCUT2D eigenvalue weighted by atomic mass is 10.1. The van der Waals surface area contributed by atoms with E-state index in [9.17, 15) is 4.79 Å². The van der Waals surface area contributed by atoms with E-state index >= 15 is 0 Å². The zero-order valence-corrected chi connectivity index (χ0v) is 12.3. The van der Waals surface area contributed by atoms with Crippen molar-refractivity contribution in [3.05, 3.63) is 63.2 Å². The van der Waals surface area contributed by atoms with E-state index in [0.717, 1.165) is 20.4 Å². The summed E-state index contributed by atoms with van der Waals surface area (Å²) in [5.41, 5.74) is 1.70. The standard InChI is InChI=1S/C15H13IO3/c16-13-6-3-7-14(9-13)19-10-12-5-2-1-4-11(12)8-15(17)18/h1-7,9H,8,10H2,(H,17,18). The molecule has 2 aromatic carbocycles. The van der Waals surface area contributed by atoms with E-state index in [4.69, 9.17) is 9.84 Å². The fourth-order valence-electron chi connectivity index (χ4n) is 1.75. The topological polar surface area (TPSA) is 46.5 Å². The number of carboxylic acids is 1. The minimum Gasteiger partial charge on any atom is -0.489 e. The summed E-state index contributed by atoms with van der Waals surface area (Å²) in [6.45, 7) is 0.379. The average molecular weight is 368 g/mol. The molecule has 1 N–H and O–H groups in total. The fourth-order valence-corrected chi connectivity index (χ4v) is 2.27. The molecular formula is C15H13IO3. The smallest absolute Gasteiger partial charge is 0.307 e. The summed E-state index contributed by atoms with van der Waals surface area (Å²) in [6, 6.07) is 15.2. The van der Waals surface area contributed by atoms with E-state index in [1.54, 1.807) is 0 Å². The Bertz CT molecular complexity index is 581. The number of benzene rings is 2. The van der Waals surface area contributed by atoms with Crippen LogP contribution in [0, 0.1) is 3.57 Å². The van der Waals surface area contributed by atoms with Crippen LogP contribution in [0.3, 0.4) is 0 Å². The summed E-state index contributed by atoms with van der Waals surface area (Å²) in [4.78, 5) is 10.8. The third kappa shape index (κ3) is 4.24. The molecule has 0 unspecified atom stereocenters. The first-order valence-electron chi connectivity index (χ1n) is 5.82. The molecule has 2 aromatic rings. The van der Waals surface area contributed by atoms with Gasteiger partial charge in [-0.2, -0.15) is 0 Å². The molecule has 0 bridgehead atoms. The van der Waals surface area contributed by atoms with Gasteiger partial charge in [0.15, 0.2) is 0 Å². The Morgan fingerprint density at radius 1 is 1.11 bits per heavy atom. The van der Waals surface area contributed by atoms with Gasteiger partial charge >= 0.3 is 5.97 Å². The zero-order chi connectivity index (χ0) is 13.7. The van der Waals surface area contributed by atoms with Gasteiger partial charge in [-0.15, -0.1) is 0 Å². The van der Waals surface area contributed by atoms with Crippen molar-refractivity contribution in [3.63, 3.8) is 0 Å². The molecule has 0 saturated carbocycles. The van der Waals surface area contributed by atoms with Crippen molar-refractivity contribution < 1.29 is 14.6 Å². The van der Waals surface area contributed by atoms with Crippen molar-refractivity contribution in [3.8, 4) is 5.75 Å². The Balaban J connectivity index is 2.09. The Labute approximate surface area is 125 Å². The second-order valence-electron chi connectivity index (χ2n) is 4.09. The van der Waals surface area contributed by atoms with Gasteiger partial charge in [-0.3, -0.25) is 4.79 Å². The minimum absolute atomic E-state index is 0.0197. The van der Waals surface area contributed by atoms with Crippen molar-refractivity contribution in [1.29, 1.82) is 0 Å². The third-order valence-corrected chi connectivity index (χ3v) is 3.32. The minimum atomic E-state index is -0.832. The van der Waals surface area contributed by atoms with Crippen LogP contribution in [0.5, 0.6) is 5.75 Å². The van der Waals surface area contributed by atoms with Gasteiger partial charge < -0.3 is 9.84 Å². The highest BCUT2D eigenvalue weighted by atomic mass is 127. The largest absolute Gasteiger partial charge is 0.489 e. The van der Waals surface area contributed by atoms with Gasteiger partial charge in [0, 0.05) is 3.57 Å². The van der Waals surface area contributed by atoms with Crippen LogP contribution in [0.15, 0.2) is 48.5 Å². The van der Waals surface area contributed by atoms with Crippen molar-refractivity contribution in [2.24, 2.45) is 0 Å². The molecule has 0 fully saturated rings. The highest BCUT2D eigenvalue weighted by Crippen LogP contribution is 2.18. The number of hydrogen-bond donors (Lipinski definition) is 1. The SMILES string of the molecule is O=C(O)Cc1ccccc1COc1cccc(I)c1. The number of rotatable bonds is 5. The van der Waals surface area contributed by atoms with E-state index in [0.29, 0.717) is 6.61 Å². The van der Waals surface area contributed by atoms with E-state index in [-0.39, 0.29) is 6.42 Å². The molecule has 0 aliphatic rings. The predicted octanol–water partition coefficient (Wildman–Crippen LogP) is 3.50. The average Bonchev–Trinajstić information content (AvgIpc) is 2.37. The Kier molecular flexibility index (Phi) is 4.79. The molecule has 3 nitrogen and oxygen atoms in total. The molecule has 0 amide bonds. The first kappa shape index (κ1) is 13.9. The molecule has 0 aliphatic carbocycles. The normalized spacial score (nSPS) is 10.2. The molecule has 0 saturated heterocycles. The molecule has 0 radical (unpaired) electrons. The summed E-state index contributed by atoms with van der Waals surface area (Å²) in [5.74, 6) is -0.0428. The van der Waals surface area contributed by atoms with Crippen molar-refractivity contribution in [2.45, 2.75) is 13.0 Å². The molecule has 0 aliphatic heterocycles. The molecule has 0 heterocycles. The maximum Gasteiger partial charge on any atom is 0.307 e. The monoisotopic (exact) mass is 368 g/mol. The predicted molar refractivity (Wildman–Crippen MR) is 81.3 cm³/mol. The van der Waals surface area contributed by atoms with Crippen LogP contribution in [-0.4, -0.2) is 11.1 Å². The van der Waals surface area contributed by atoms with Crippen LogP contribution in [0.25, 0.3) is 0 Å². The van der Waals surface area contributed by atoms with Gasteiger partial charge in [-0.05, 0) is 51.9 Å². The van der Waals surface area contributed by atoms with Gasteiger partial charge in [0.1, 0.15) is 12.4 Å². The van der Waals surface area contributed by atoms with Gasteiger partial charge in [0.05, 0.1) is 6.42 Å². The summed E-state index contributed by atoms with van der Waals surface area (Å²) in [7, 11) is 0. The van der Waals surface area contributed by atoms with Crippen LogP contribution >= 0.6 is 22.6 Å². The summed E-state index contributed by atoms with van der Waals surface area (Å²) in [5, 5.41) is 8.87. The molecular weight excluding hydrogens is 355 g/mol. The number of ether oxygens (including phenoxy) is 1. The number of carbonyl (C=O) groups is 1. The first-order chi connectivity index (χ1) is 9.15. The van der Waals surface area contributed by atoms with Crippen LogP contribution in [0.4, 0.5) is 0 Å². The molecule has 0 atom stereocenters. The van der Waals surface area contributed by atoms with E-state index < -0.39 is 5.97 Å². The lowest BCUT2D eigenvalue weighted by molar-refractivity contribution is -0.136. The van der Waals surface area contributed by atoms with Crippen LogP contribution in [0.2, 0.25) is 0 Å². The number of halogens is 1. The lowest BCUT2D eigenvalue weighted by Crippen LogP contribution is -2.05. The number of carboxylic acid groups (broad SMARTS) is 1. The van der Waals surface area contributed by atoms with Crippen molar-refractivity contribution in [2.75, 3.05) is 0 Å². The molecule has 0 spiro atoms. The van der Waals surface area contributed by atoms with E-state index in [1.807, 2.05) is 48.5 Å². The second kappa shape index (κ2) is 6.56. The highest BCUT2D eigenvalue weighted by molar-refractivity contribution is 14.1. The van der Waals surface area contributed by atoms with E-state index in [1.165, 1.54) is 0 Å². The van der Waals surface area contributed by atoms with Gasteiger partial charge in [-0.1, -0.05) is 30.3 Å². The van der Waals surface area contributed by atoms with Crippen molar-refractivity contribution in [1.82, 2.24) is 0 Å². The molecule has 98 valence electrons. The molecule has 0 aromatic heterocycles. The number of hydrogen-bond acceptors (Lipinski definition) is 2. The first-order valence-corrected chi connectivity index (χ1v) is 6.90. The van der Waals surface area contributed by atoms with Gasteiger partial charge in [0.25, 0.3) is 0 Å². The fraction of sp³-hybridized carbons (Fsp3) is 0.133. The van der Waals surface area contributed by atoms with Crippen LogP contribution in [-0.2, 0) is 17.8 Å². The quantitative estimate of drug-likeness (QED) is 0.822. The summed E-state index contributed by atoms with van der Waals surface area (Å²) in [6.07, 6.45) is 0.0197. The summed E-state index contributed by atoms with van der Waals surface area (Å²) >= 11 is 2.22.